The average molecular weight is 188 g/mol. The summed E-state index contributed by atoms with van der Waals surface area (Å²) >= 11 is 0. The summed E-state index contributed by atoms with van der Waals surface area (Å²) in [6.45, 7) is 2.85. The minimum Gasteiger partial charge on any atom is -0.396 e. The fraction of sp³-hybridized carbons (Fsp3) is 0.889. The fourth-order valence-electron chi connectivity index (χ4n) is 1.06. The topological polar surface area (TPSA) is 61.4 Å². The predicted molar refractivity (Wildman–Crippen MR) is 52.5 cm³/mol. The summed E-state index contributed by atoms with van der Waals surface area (Å²) in [6, 6.07) is 0.163. The molecule has 13 heavy (non-hydrogen) atoms. The maximum Gasteiger partial charge on any atom is 0.221 e. The Balaban J connectivity index is 3.41. The summed E-state index contributed by atoms with van der Waals surface area (Å²) in [5.74, 6) is 0.0692. The highest BCUT2D eigenvalue weighted by Gasteiger charge is 2.05. The van der Waals surface area contributed by atoms with E-state index in [4.69, 9.17) is 5.11 Å². The number of amides is 1. The quantitative estimate of drug-likeness (QED) is 0.521. The molecular formula is C9H20N2O2. The Kier molecular flexibility index (Phi) is 7.63. The molecule has 0 aliphatic carbocycles. The summed E-state index contributed by atoms with van der Waals surface area (Å²) in [7, 11) is 1.82. The van der Waals surface area contributed by atoms with Crippen molar-refractivity contribution in [1.82, 2.24) is 10.6 Å². The molecule has 4 heteroatoms. The molecule has 0 heterocycles. The Morgan fingerprint density at radius 3 is 2.77 bits per heavy atom. The zero-order chi connectivity index (χ0) is 10.1. The van der Waals surface area contributed by atoms with Crippen molar-refractivity contribution in [2.24, 2.45) is 0 Å². The Morgan fingerprint density at radius 1 is 1.54 bits per heavy atom. The molecule has 0 aliphatic rings. The number of nitrogens with one attached hydrogen (secondary N) is 2. The van der Waals surface area contributed by atoms with E-state index in [9.17, 15) is 4.79 Å². The summed E-state index contributed by atoms with van der Waals surface area (Å²) in [4.78, 5) is 11.2. The van der Waals surface area contributed by atoms with Gasteiger partial charge in [0, 0.05) is 25.6 Å². The summed E-state index contributed by atoms with van der Waals surface area (Å²) in [5, 5.41) is 14.3. The van der Waals surface area contributed by atoms with E-state index in [0.717, 1.165) is 12.8 Å². The van der Waals surface area contributed by atoms with Crippen molar-refractivity contribution >= 4 is 5.91 Å². The lowest BCUT2D eigenvalue weighted by Gasteiger charge is -2.12. The summed E-state index contributed by atoms with van der Waals surface area (Å²) < 4.78 is 0. The molecule has 1 atom stereocenters. The van der Waals surface area contributed by atoms with E-state index in [1.807, 2.05) is 14.0 Å². The van der Waals surface area contributed by atoms with Gasteiger partial charge >= 0.3 is 0 Å². The van der Waals surface area contributed by atoms with Gasteiger partial charge in [-0.3, -0.25) is 4.79 Å². The van der Waals surface area contributed by atoms with Crippen molar-refractivity contribution in [2.45, 2.75) is 32.2 Å². The molecule has 0 saturated heterocycles. The van der Waals surface area contributed by atoms with Crippen LogP contribution >= 0.6 is 0 Å². The van der Waals surface area contributed by atoms with Crippen molar-refractivity contribution in [3.8, 4) is 0 Å². The monoisotopic (exact) mass is 188 g/mol. The van der Waals surface area contributed by atoms with Crippen LogP contribution in [-0.4, -0.2) is 37.3 Å². The molecule has 0 radical (unpaired) electrons. The van der Waals surface area contributed by atoms with Crippen molar-refractivity contribution in [3.63, 3.8) is 0 Å². The van der Waals surface area contributed by atoms with Crippen LogP contribution in [0.3, 0.4) is 0 Å². The lowest BCUT2D eigenvalue weighted by molar-refractivity contribution is -0.121. The van der Waals surface area contributed by atoms with Crippen LogP contribution in [0.2, 0.25) is 0 Å². The Hall–Kier alpha value is -0.610. The third-order valence-electron chi connectivity index (χ3n) is 1.80. The van der Waals surface area contributed by atoms with Gasteiger partial charge in [-0.2, -0.15) is 0 Å². The fourth-order valence-corrected chi connectivity index (χ4v) is 1.06. The van der Waals surface area contributed by atoms with Gasteiger partial charge in [0.2, 0.25) is 5.91 Å². The van der Waals surface area contributed by atoms with Crippen LogP contribution < -0.4 is 10.6 Å². The van der Waals surface area contributed by atoms with E-state index in [-0.39, 0.29) is 18.6 Å². The van der Waals surface area contributed by atoms with Gasteiger partial charge in [0.05, 0.1) is 0 Å². The first-order chi connectivity index (χ1) is 6.20. The number of rotatable bonds is 7. The summed E-state index contributed by atoms with van der Waals surface area (Å²) in [5.41, 5.74) is 0. The van der Waals surface area contributed by atoms with E-state index in [2.05, 4.69) is 10.6 Å². The average Bonchev–Trinajstić information content (AvgIpc) is 2.11. The van der Waals surface area contributed by atoms with Gasteiger partial charge in [-0.05, 0) is 26.8 Å². The van der Waals surface area contributed by atoms with Crippen LogP contribution in [0.5, 0.6) is 0 Å². The number of aliphatic hydroxyl groups is 1. The molecule has 0 fully saturated rings. The van der Waals surface area contributed by atoms with Crippen molar-refractivity contribution in [3.05, 3.63) is 0 Å². The van der Waals surface area contributed by atoms with E-state index in [1.54, 1.807) is 0 Å². The number of carbonyl (C=O) groups excluding carboxylic acids is 1. The highest BCUT2D eigenvalue weighted by molar-refractivity contribution is 5.76. The molecule has 0 aromatic rings. The van der Waals surface area contributed by atoms with Crippen LogP contribution in [0.25, 0.3) is 0 Å². The van der Waals surface area contributed by atoms with Gasteiger partial charge < -0.3 is 15.7 Å². The van der Waals surface area contributed by atoms with Crippen molar-refractivity contribution in [1.29, 1.82) is 0 Å². The molecule has 3 N–H and O–H groups in total. The van der Waals surface area contributed by atoms with Gasteiger partial charge in [0.1, 0.15) is 0 Å². The first-order valence-electron chi connectivity index (χ1n) is 4.75. The van der Waals surface area contributed by atoms with E-state index >= 15 is 0 Å². The molecule has 1 unspecified atom stereocenters. The first-order valence-corrected chi connectivity index (χ1v) is 4.75. The number of hydrogen-bond acceptors (Lipinski definition) is 3. The minimum atomic E-state index is 0.0692. The van der Waals surface area contributed by atoms with Gasteiger partial charge in [-0.1, -0.05) is 0 Å². The Morgan fingerprint density at radius 2 is 2.23 bits per heavy atom. The van der Waals surface area contributed by atoms with E-state index < -0.39 is 0 Å². The van der Waals surface area contributed by atoms with Gasteiger partial charge in [0.15, 0.2) is 0 Å². The maximum absolute atomic E-state index is 11.2. The maximum atomic E-state index is 11.2. The van der Waals surface area contributed by atoms with Crippen LogP contribution in [0.1, 0.15) is 26.2 Å². The van der Waals surface area contributed by atoms with Crippen molar-refractivity contribution in [2.75, 3.05) is 20.2 Å². The zero-order valence-corrected chi connectivity index (χ0v) is 8.47. The van der Waals surface area contributed by atoms with Crippen LogP contribution in [-0.2, 0) is 4.79 Å². The standard InChI is InChI=1S/C9H20N2O2/c1-8(4-3-7-12)11-9(13)5-6-10-2/h8,10,12H,3-7H2,1-2H3,(H,11,13). The SMILES string of the molecule is CNCCC(=O)NC(C)CCCO. The normalized spacial score (nSPS) is 12.5. The Bertz CT molecular complexity index is 140. The lowest BCUT2D eigenvalue weighted by Crippen LogP contribution is -2.34. The molecule has 0 rings (SSSR count). The zero-order valence-electron chi connectivity index (χ0n) is 8.47. The largest absolute Gasteiger partial charge is 0.396 e. The highest BCUT2D eigenvalue weighted by Crippen LogP contribution is 1.95. The molecule has 4 nitrogen and oxygen atoms in total. The molecule has 0 aromatic heterocycles. The molecule has 0 aliphatic heterocycles. The van der Waals surface area contributed by atoms with Crippen molar-refractivity contribution < 1.29 is 9.90 Å². The molecule has 0 bridgehead atoms. The smallest absolute Gasteiger partial charge is 0.221 e. The predicted octanol–water partition coefficient (Wildman–Crippen LogP) is -0.127. The first kappa shape index (κ1) is 12.4. The van der Waals surface area contributed by atoms with Crippen LogP contribution in [0.4, 0.5) is 0 Å². The van der Waals surface area contributed by atoms with Gasteiger partial charge in [-0.25, -0.2) is 0 Å². The van der Waals surface area contributed by atoms with E-state index in [0.29, 0.717) is 13.0 Å². The molecule has 0 aromatic carbocycles. The second-order valence-electron chi connectivity index (χ2n) is 3.19. The molecular weight excluding hydrogens is 168 g/mol. The molecule has 0 spiro atoms. The third kappa shape index (κ3) is 7.74. The number of aliphatic hydroxyl groups excluding tert-OH is 1. The Labute approximate surface area is 79.7 Å². The van der Waals surface area contributed by atoms with Gasteiger partial charge in [0.25, 0.3) is 0 Å². The minimum absolute atomic E-state index is 0.0692. The lowest BCUT2D eigenvalue weighted by atomic mass is 10.2. The van der Waals surface area contributed by atoms with E-state index in [1.165, 1.54) is 0 Å². The third-order valence-corrected chi connectivity index (χ3v) is 1.80. The molecule has 1 amide bonds. The second kappa shape index (κ2) is 8.01. The number of carbonyl (C=O) groups is 1. The molecule has 0 saturated carbocycles. The van der Waals surface area contributed by atoms with Crippen LogP contribution in [0.15, 0.2) is 0 Å². The van der Waals surface area contributed by atoms with Gasteiger partial charge in [-0.15, -0.1) is 0 Å². The van der Waals surface area contributed by atoms with Crippen LogP contribution in [0, 0.1) is 0 Å². The highest BCUT2D eigenvalue weighted by atomic mass is 16.2. The second-order valence-corrected chi connectivity index (χ2v) is 3.19. The summed E-state index contributed by atoms with van der Waals surface area (Å²) in [6.07, 6.45) is 2.09. The molecule has 78 valence electrons. The number of hydrogen-bond donors (Lipinski definition) is 3.